The third-order valence-electron chi connectivity index (χ3n) is 8.10. The fourth-order valence-corrected chi connectivity index (χ4v) is 5.95. The molecule has 2 aliphatic heterocycles. The molecule has 0 saturated carbocycles. The van der Waals surface area contributed by atoms with E-state index < -0.39 is 0 Å². The third kappa shape index (κ3) is 4.92. The van der Waals surface area contributed by atoms with Crippen LogP contribution in [-0.2, 0) is 11.3 Å². The molecule has 0 atom stereocenters. The van der Waals surface area contributed by atoms with Crippen LogP contribution in [-0.4, -0.2) is 61.4 Å². The van der Waals surface area contributed by atoms with E-state index in [9.17, 15) is 9.18 Å². The van der Waals surface area contributed by atoms with Gasteiger partial charge in [0.1, 0.15) is 11.5 Å². The Kier molecular flexibility index (Phi) is 6.89. The van der Waals surface area contributed by atoms with Gasteiger partial charge in [-0.3, -0.25) is 19.7 Å². The molecule has 1 aromatic carbocycles. The van der Waals surface area contributed by atoms with Gasteiger partial charge in [0.15, 0.2) is 5.82 Å². The minimum absolute atomic E-state index is 0.0930. The van der Waals surface area contributed by atoms with Crippen molar-refractivity contribution in [3.63, 3.8) is 0 Å². The Labute approximate surface area is 222 Å². The standard InChI is InChI=1S/C30H33FN6O/c1-21-18-27-28(19-25(21)31)37(29(34-27)26-4-2-3-11-33-26)24-9-16-36(17-10-24)30(38)23-7-14-35(15-8-23)20-22-5-12-32-13-6-22/h2-6,11-13,18-19,23-24H,7-10,14-17,20H2,1H3. The number of rotatable bonds is 5. The normalized spacial score (nSPS) is 17.8. The van der Waals surface area contributed by atoms with Gasteiger partial charge in [0.05, 0.1) is 11.0 Å². The Bertz CT molecular complexity index is 1410. The number of halogens is 1. The Morgan fingerprint density at radius 3 is 2.45 bits per heavy atom. The molecule has 0 bridgehead atoms. The number of piperidine rings is 2. The zero-order valence-electron chi connectivity index (χ0n) is 21.8. The van der Waals surface area contributed by atoms with Gasteiger partial charge in [-0.2, -0.15) is 0 Å². The summed E-state index contributed by atoms with van der Waals surface area (Å²) >= 11 is 0. The largest absolute Gasteiger partial charge is 0.342 e. The maximum atomic E-state index is 14.6. The molecule has 196 valence electrons. The summed E-state index contributed by atoms with van der Waals surface area (Å²) in [6.45, 7) is 5.96. The van der Waals surface area contributed by atoms with Gasteiger partial charge in [-0.25, -0.2) is 9.37 Å². The van der Waals surface area contributed by atoms with Gasteiger partial charge >= 0.3 is 0 Å². The van der Waals surface area contributed by atoms with E-state index in [2.05, 4.69) is 31.6 Å². The van der Waals surface area contributed by atoms with Crippen LogP contribution in [0.15, 0.2) is 61.1 Å². The summed E-state index contributed by atoms with van der Waals surface area (Å²) < 4.78 is 16.8. The zero-order chi connectivity index (χ0) is 26.1. The van der Waals surface area contributed by atoms with Crippen LogP contribution in [0.25, 0.3) is 22.6 Å². The maximum Gasteiger partial charge on any atom is 0.225 e. The predicted octanol–water partition coefficient (Wildman–Crippen LogP) is 5.02. The van der Waals surface area contributed by atoms with Crippen molar-refractivity contribution in [2.75, 3.05) is 26.2 Å². The zero-order valence-corrected chi connectivity index (χ0v) is 21.8. The minimum atomic E-state index is -0.228. The highest BCUT2D eigenvalue weighted by Crippen LogP contribution is 2.34. The summed E-state index contributed by atoms with van der Waals surface area (Å²) in [7, 11) is 0. The van der Waals surface area contributed by atoms with Crippen molar-refractivity contribution in [1.29, 1.82) is 0 Å². The van der Waals surface area contributed by atoms with Crippen LogP contribution in [0.2, 0.25) is 0 Å². The molecule has 7 nitrogen and oxygen atoms in total. The summed E-state index contributed by atoms with van der Waals surface area (Å²) in [5.74, 6) is 0.913. The van der Waals surface area contributed by atoms with E-state index in [4.69, 9.17) is 4.98 Å². The van der Waals surface area contributed by atoms with Gasteiger partial charge in [0, 0.05) is 56.3 Å². The van der Waals surface area contributed by atoms with Crippen LogP contribution in [0, 0.1) is 18.7 Å². The molecule has 1 amide bonds. The summed E-state index contributed by atoms with van der Waals surface area (Å²) in [5.41, 5.74) is 4.20. The van der Waals surface area contributed by atoms with Crippen LogP contribution < -0.4 is 0 Å². The van der Waals surface area contributed by atoms with E-state index >= 15 is 0 Å². The molecule has 38 heavy (non-hydrogen) atoms. The van der Waals surface area contributed by atoms with Gasteiger partial charge in [-0.05, 0) is 87.2 Å². The molecule has 4 aromatic rings. The van der Waals surface area contributed by atoms with Gasteiger partial charge < -0.3 is 9.47 Å². The van der Waals surface area contributed by atoms with Gasteiger partial charge in [-0.1, -0.05) is 6.07 Å². The highest BCUT2D eigenvalue weighted by molar-refractivity contribution is 5.81. The number of carbonyl (C=O) groups is 1. The lowest BCUT2D eigenvalue weighted by Gasteiger charge is -2.38. The number of likely N-dealkylation sites (tertiary alicyclic amines) is 2. The van der Waals surface area contributed by atoms with Gasteiger partial charge in [0.25, 0.3) is 0 Å². The number of carbonyl (C=O) groups excluding carboxylic acids is 1. The molecule has 8 heteroatoms. The van der Waals surface area contributed by atoms with Gasteiger partial charge in [0.2, 0.25) is 5.91 Å². The molecule has 5 heterocycles. The van der Waals surface area contributed by atoms with Crippen molar-refractivity contribution in [1.82, 2.24) is 29.3 Å². The van der Waals surface area contributed by atoms with Crippen molar-refractivity contribution in [2.45, 2.75) is 45.2 Å². The van der Waals surface area contributed by atoms with E-state index in [0.717, 1.165) is 67.9 Å². The number of imidazole rings is 1. The molecule has 2 aliphatic rings. The average molecular weight is 513 g/mol. The number of hydrogen-bond donors (Lipinski definition) is 0. The second kappa shape index (κ2) is 10.6. The molecule has 0 aliphatic carbocycles. The summed E-state index contributed by atoms with van der Waals surface area (Å²) in [5, 5.41) is 0. The van der Waals surface area contributed by atoms with Crippen molar-refractivity contribution < 1.29 is 9.18 Å². The quantitative estimate of drug-likeness (QED) is 0.376. The Hall–Kier alpha value is -3.65. The Balaban J connectivity index is 1.13. The fourth-order valence-electron chi connectivity index (χ4n) is 5.95. The second-order valence-electron chi connectivity index (χ2n) is 10.6. The lowest BCUT2D eigenvalue weighted by molar-refractivity contribution is -0.138. The van der Waals surface area contributed by atoms with Crippen molar-refractivity contribution in [3.8, 4) is 11.5 Å². The van der Waals surface area contributed by atoms with Crippen LogP contribution >= 0.6 is 0 Å². The lowest BCUT2D eigenvalue weighted by Crippen LogP contribution is -2.45. The molecule has 6 rings (SSSR count). The molecule has 0 N–H and O–H groups in total. The third-order valence-corrected chi connectivity index (χ3v) is 8.10. The topological polar surface area (TPSA) is 67.2 Å². The number of amides is 1. The maximum absolute atomic E-state index is 14.6. The first-order chi connectivity index (χ1) is 18.6. The smallest absolute Gasteiger partial charge is 0.225 e. The minimum Gasteiger partial charge on any atom is -0.342 e. The first-order valence-electron chi connectivity index (χ1n) is 13.6. The number of fused-ring (bicyclic) bond motifs is 1. The van der Waals surface area contributed by atoms with Crippen LogP contribution in [0.5, 0.6) is 0 Å². The summed E-state index contributed by atoms with van der Waals surface area (Å²) in [4.78, 5) is 31.4. The molecule has 2 fully saturated rings. The van der Waals surface area contributed by atoms with E-state index in [1.54, 1.807) is 19.2 Å². The molecule has 2 saturated heterocycles. The van der Waals surface area contributed by atoms with E-state index in [1.165, 1.54) is 5.56 Å². The fraction of sp³-hybridized carbons (Fsp3) is 0.400. The van der Waals surface area contributed by atoms with E-state index in [1.807, 2.05) is 41.6 Å². The molecule has 0 radical (unpaired) electrons. The molecule has 3 aromatic heterocycles. The lowest BCUT2D eigenvalue weighted by atomic mass is 9.93. The Morgan fingerprint density at radius 2 is 1.74 bits per heavy atom. The van der Waals surface area contributed by atoms with Crippen LogP contribution in [0.1, 0.15) is 42.9 Å². The van der Waals surface area contributed by atoms with Crippen LogP contribution in [0.3, 0.4) is 0 Å². The monoisotopic (exact) mass is 512 g/mol. The summed E-state index contributed by atoms with van der Waals surface area (Å²) in [6, 6.07) is 13.4. The first-order valence-corrected chi connectivity index (χ1v) is 13.6. The van der Waals surface area contributed by atoms with Crippen molar-refractivity contribution >= 4 is 16.9 Å². The van der Waals surface area contributed by atoms with Crippen LogP contribution in [0.4, 0.5) is 4.39 Å². The number of aryl methyl sites for hydroxylation is 1. The number of hydrogen-bond acceptors (Lipinski definition) is 5. The summed E-state index contributed by atoms with van der Waals surface area (Å²) in [6.07, 6.45) is 8.85. The Morgan fingerprint density at radius 1 is 0.974 bits per heavy atom. The molecular formula is C30H33FN6O. The van der Waals surface area contributed by atoms with E-state index in [0.29, 0.717) is 18.7 Å². The van der Waals surface area contributed by atoms with Crippen molar-refractivity contribution in [2.24, 2.45) is 5.92 Å². The first kappa shape index (κ1) is 24.7. The highest BCUT2D eigenvalue weighted by Gasteiger charge is 2.32. The molecule has 0 unspecified atom stereocenters. The van der Waals surface area contributed by atoms with Crippen molar-refractivity contribution in [3.05, 3.63) is 78.0 Å². The number of benzene rings is 1. The number of nitrogens with zero attached hydrogens (tertiary/aromatic N) is 6. The predicted molar refractivity (Wildman–Crippen MR) is 145 cm³/mol. The van der Waals surface area contributed by atoms with Gasteiger partial charge in [-0.15, -0.1) is 0 Å². The number of pyridine rings is 2. The molecule has 0 spiro atoms. The SMILES string of the molecule is Cc1cc2nc(-c3ccccn3)n(C3CCN(C(=O)C4CCN(Cc5ccncc5)CC4)CC3)c2cc1F. The van der Waals surface area contributed by atoms with E-state index in [-0.39, 0.29) is 23.7 Å². The second-order valence-corrected chi connectivity index (χ2v) is 10.6. The molecular weight excluding hydrogens is 479 g/mol. The average Bonchev–Trinajstić information content (AvgIpc) is 3.32. The number of aromatic nitrogens is 4. The highest BCUT2D eigenvalue weighted by atomic mass is 19.1.